The molecular weight excluding hydrogens is 208 g/mol. The second-order valence-electron chi connectivity index (χ2n) is 3.45. The molecule has 1 aromatic carbocycles. The van der Waals surface area contributed by atoms with Gasteiger partial charge in [-0.3, -0.25) is 4.99 Å². The van der Waals surface area contributed by atoms with E-state index in [9.17, 15) is 0 Å². The number of nitrogens with one attached hydrogen (secondary N) is 2. The van der Waals surface area contributed by atoms with Gasteiger partial charge in [0.05, 0.1) is 17.9 Å². The van der Waals surface area contributed by atoms with Crippen LogP contribution < -0.4 is 15.5 Å². The van der Waals surface area contributed by atoms with E-state index in [2.05, 4.69) is 26.6 Å². The molecule has 0 amide bonds. The van der Waals surface area contributed by atoms with Crippen molar-refractivity contribution in [1.82, 2.24) is 5.32 Å². The Labute approximate surface area is 93.0 Å². The van der Waals surface area contributed by atoms with Gasteiger partial charge in [-0.15, -0.1) is 0 Å². The molecule has 2 heterocycles. The third-order valence-corrected chi connectivity index (χ3v) is 2.71. The fourth-order valence-electron chi connectivity index (χ4n) is 1.86. The van der Waals surface area contributed by atoms with Gasteiger partial charge in [-0.25, -0.2) is 0 Å². The number of thiocarbonyl (C=S) groups is 1. The van der Waals surface area contributed by atoms with Crippen LogP contribution >= 0.6 is 12.2 Å². The number of benzene rings is 1. The first-order valence-electron chi connectivity index (χ1n) is 4.83. The summed E-state index contributed by atoms with van der Waals surface area (Å²) >= 11 is 5.16. The molecular formula is C10H10N4S. The summed E-state index contributed by atoms with van der Waals surface area (Å²) in [5.74, 6) is 0.845. The largest absolute Gasteiger partial charge is 0.331 e. The molecule has 0 fully saturated rings. The van der Waals surface area contributed by atoms with Crippen LogP contribution in [0, 0.1) is 0 Å². The molecule has 0 saturated carbocycles. The average molecular weight is 218 g/mol. The third kappa shape index (κ3) is 1.35. The quantitative estimate of drug-likeness (QED) is 0.641. The molecule has 2 aliphatic heterocycles. The lowest BCUT2D eigenvalue weighted by Gasteiger charge is -2.18. The normalized spacial score (nSPS) is 18.3. The van der Waals surface area contributed by atoms with Gasteiger partial charge in [0.1, 0.15) is 0 Å². The van der Waals surface area contributed by atoms with Crippen molar-refractivity contribution < 1.29 is 0 Å². The number of hydrogen-bond acceptors (Lipinski definition) is 3. The zero-order valence-electron chi connectivity index (χ0n) is 8.03. The predicted molar refractivity (Wildman–Crippen MR) is 65.4 cm³/mol. The molecule has 0 spiro atoms. The van der Waals surface area contributed by atoms with E-state index in [0.717, 1.165) is 30.4 Å². The van der Waals surface area contributed by atoms with Gasteiger partial charge in [0.25, 0.3) is 0 Å². The number of anilines is 2. The maximum absolute atomic E-state index is 5.16. The van der Waals surface area contributed by atoms with Crippen LogP contribution in [0.1, 0.15) is 0 Å². The van der Waals surface area contributed by atoms with Crippen molar-refractivity contribution in [1.29, 1.82) is 0 Å². The Morgan fingerprint density at radius 3 is 3.07 bits per heavy atom. The fourth-order valence-corrected chi connectivity index (χ4v) is 2.06. The molecule has 0 aromatic heterocycles. The minimum absolute atomic E-state index is 0.602. The van der Waals surface area contributed by atoms with Crippen LogP contribution in [0.4, 0.5) is 11.4 Å². The van der Waals surface area contributed by atoms with Crippen molar-refractivity contribution in [2.45, 2.75) is 0 Å². The Balaban J connectivity index is 2.14. The first kappa shape index (κ1) is 8.67. The molecule has 76 valence electrons. The molecule has 0 aliphatic carbocycles. The number of hydrogen-bond donors (Lipinski definition) is 2. The summed E-state index contributed by atoms with van der Waals surface area (Å²) < 4.78 is 0. The van der Waals surface area contributed by atoms with E-state index in [-0.39, 0.29) is 0 Å². The summed E-state index contributed by atoms with van der Waals surface area (Å²) in [5.41, 5.74) is 2.16. The van der Waals surface area contributed by atoms with E-state index in [0.29, 0.717) is 5.11 Å². The zero-order valence-corrected chi connectivity index (χ0v) is 8.84. The number of aliphatic imine (C=N–C) groups is 1. The number of fused-ring (bicyclic) bond motifs is 3. The SMILES string of the molecule is S=C1NC2=NCCN2c2ccccc2N1. The second kappa shape index (κ2) is 3.20. The lowest BCUT2D eigenvalue weighted by atomic mass is 10.2. The van der Waals surface area contributed by atoms with Crippen LogP contribution in [-0.4, -0.2) is 24.2 Å². The Bertz CT molecular complexity index is 454. The van der Waals surface area contributed by atoms with Gasteiger partial charge >= 0.3 is 0 Å². The summed E-state index contributed by atoms with van der Waals surface area (Å²) in [5, 5.41) is 6.84. The maximum Gasteiger partial charge on any atom is 0.205 e. The Morgan fingerprint density at radius 1 is 1.27 bits per heavy atom. The van der Waals surface area contributed by atoms with Gasteiger partial charge in [-0.05, 0) is 24.4 Å². The molecule has 1 aromatic rings. The minimum atomic E-state index is 0.602. The van der Waals surface area contributed by atoms with Crippen LogP contribution in [0.25, 0.3) is 0 Å². The highest BCUT2D eigenvalue weighted by Crippen LogP contribution is 2.28. The Hall–Kier alpha value is -1.62. The van der Waals surface area contributed by atoms with Gasteiger partial charge in [0, 0.05) is 6.54 Å². The smallest absolute Gasteiger partial charge is 0.205 e. The van der Waals surface area contributed by atoms with E-state index >= 15 is 0 Å². The van der Waals surface area contributed by atoms with Gasteiger partial charge < -0.3 is 15.5 Å². The summed E-state index contributed by atoms with van der Waals surface area (Å²) in [6.07, 6.45) is 0. The van der Waals surface area contributed by atoms with Crippen molar-refractivity contribution in [3.8, 4) is 0 Å². The van der Waals surface area contributed by atoms with Crippen molar-refractivity contribution in [3.05, 3.63) is 24.3 Å². The molecule has 0 bridgehead atoms. The van der Waals surface area contributed by atoms with Crippen LogP contribution in [0.5, 0.6) is 0 Å². The van der Waals surface area contributed by atoms with E-state index in [1.807, 2.05) is 18.2 Å². The summed E-state index contributed by atoms with van der Waals surface area (Å²) in [7, 11) is 0. The molecule has 5 heteroatoms. The molecule has 4 nitrogen and oxygen atoms in total. The van der Waals surface area contributed by atoms with Gasteiger partial charge in [-0.1, -0.05) is 12.1 Å². The van der Waals surface area contributed by atoms with E-state index in [1.165, 1.54) is 0 Å². The molecule has 0 atom stereocenters. The zero-order chi connectivity index (χ0) is 10.3. The van der Waals surface area contributed by atoms with E-state index in [4.69, 9.17) is 12.2 Å². The van der Waals surface area contributed by atoms with Gasteiger partial charge in [0.2, 0.25) is 5.96 Å². The third-order valence-electron chi connectivity index (χ3n) is 2.51. The van der Waals surface area contributed by atoms with Crippen LogP contribution in [-0.2, 0) is 0 Å². The molecule has 0 unspecified atom stereocenters. The number of rotatable bonds is 0. The first-order valence-corrected chi connectivity index (χ1v) is 5.24. The van der Waals surface area contributed by atoms with Crippen LogP contribution in [0.2, 0.25) is 0 Å². The minimum Gasteiger partial charge on any atom is -0.331 e. The lowest BCUT2D eigenvalue weighted by Crippen LogP contribution is -2.40. The topological polar surface area (TPSA) is 39.7 Å². The Morgan fingerprint density at radius 2 is 2.13 bits per heavy atom. The number of nitrogens with zero attached hydrogens (tertiary/aromatic N) is 2. The molecule has 2 aliphatic rings. The Kier molecular flexibility index (Phi) is 1.85. The highest BCUT2D eigenvalue weighted by atomic mass is 32.1. The molecule has 3 rings (SSSR count). The highest BCUT2D eigenvalue weighted by Gasteiger charge is 2.24. The molecule has 0 radical (unpaired) electrons. The molecule has 0 saturated heterocycles. The summed E-state index contributed by atoms with van der Waals surface area (Å²) in [6, 6.07) is 8.10. The highest BCUT2D eigenvalue weighted by molar-refractivity contribution is 7.80. The van der Waals surface area contributed by atoms with Crippen molar-refractivity contribution in [2.24, 2.45) is 4.99 Å². The summed E-state index contributed by atoms with van der Waals surface area (Å²) in [6.45, 7) is 1.73. The van der Waals surface area contributed by atoms with Crippen molar-refractivity contribution >= 4 is 34.7 Å². The monoisotopic (exact) mass is 218 g/mol. The van der Waals surface area contributed by atoms with Gasteiger partial charge in [0.15, 0.2) is 5.11 Å². The maximum atomic E-state index is 5.16. The van der Waals surface area contributed by atoms with Crippen LogP contribution in [0.3, 0.4) is 0 Å². The van der Waals surface area contributed by atoms with E-state index < -0.39 is 0 Å². The second-order valence-corrected chi connectivity index (χ2v) is 3.86. The van der Waals surface area contributed by atoms with Crippen molar-refractivity contribution in [2.75, 3.05) is 23.3 Å². The molecule has 2 N–H and O–H groups in total. The molecule has 15 heavy (non-hydrogen) atoms. The average Bonchev–Trinajstić information content (AvgIpc) is 2.62. The van der Waals surface area contributed by atoms with E-state index in [1.54, 1.807) is 0 Å². The predicted octanol–water partition coefficient (Wildman–Crippen LogP) is 1.16. The first-order chi connectivity index (χ1) is 7.34. The van der Waals surface area contributed by atoms with Gasteiger partial charge in [-0.2, -0.15) is 0 Å². The van der Waals surface area contributed by atoms with Crippen LogP contribution in [0.15, 0.2) is 29.3 Å². The number of para-hydroxylation sites is 2. The van der Waals surface area contributed by atoms with Crippen molar-refractivity contribution in [3.63, 3.8) is 0 Å². The standard InChI is InChI=1S/C10H10N4S/c15-10-12-7-3-1-2-4-8(7)14-6-5-11-9(14)13-10/h1-4H,5-6H2,(H2,11,12,13,15). The fraction of sp³-hybridized carbons (Fsp3) is 0.200. The summed E-state index contributed by atoms with van der Waals surface area (Å²) in [4.78, 5) is 6.51. The lowest BCUT2D eigenvalue weighted by molar-refractivity contribution is 1.02. The number of guanidine groups is 1.